The molecule has 1 aromatic heterocycles. The molecule has 0 radical (unpaired) electrons. The Balaban J connectivity index is 0.00000182. The molecular weight excluding hydrogens is 336 g/mol. The summed E-state index contributed by atoms with van der Waals surface area (Å²) in [5.41, 5.74) is 2.10. The number of nitrogens with one attached hydrogen (secondary N) is 2. The third-order valence-electron chi connectivity index (χ3n) is 5.18. The number of carbonyl (C=O) groups is 1. The number of nitrogens with zero attached hydrogens (tertiary/aromatic N) is 2. The van der Waals surface area contributed by atoms with Gasteiger partial charge in [0.15, 0.2) is 0 Å². The van der Waals surface area contributed by atoms with Crippen LogP contribution >= 0.6 is 12.4 Å². The van der Waals surface area contributed by atoms with Crippen molar-refractivity contribution >= 4 is 24.1 Å². The predicted molar refractivity (Wildman–Crippen MR) is 102 cm³/mol. The monoisotopic (exact) mass is 360 g/mol. The second-order valence-electron chi connectivity index (χ2n) is 6.86. The van der Waals surface area contributed by atoms with E-state index in [1.54, 1.807) is 0 Å². The van der Waals surface area contributed by atoms with E-state index in [2.05, 4.69) is 16.7 Å². The normalized spacial score (nSPS) is 20.4. The number of hydrogen-bond donors (Lipinski definition) is 2. The van der Waals surface area contributed by atoms with Gasteiger partial charge in [-0.3, -0.25) is 4.79 Å². The van der Waals surface area contributed by atoms with Crippen molar-refractivity contribution < 1.29 is 4.79 Å². The molecular formula is C19H25ClN4O. The Morgan fingerprint density at radius 2 is 1.92 bits per heavy atom. The van der Waals surface area contributed by atoms with Crippen LogP contribution in [0.5, 0.6) is 0 Å². The third-order valence-corrected chi connectivity index (χ3v) is 5.18. The van der Waals surface area contributed by atoms with Gasteiger partial charge in [-0.05, 0) is 37.9 Å². The highest BCUT2D eigenvalue weighted by Gasteiger charge is 2.26. The maximum Gasteiger partial charge on any atom is 0.229 e. The number of halogens is 1. The van der Waals surface area contributed by atoms with Crippen LogP contribution in [0.2, 0.25) is 0 Å². The lowest BCUT2D eigenvalue weighted by Gasteiger charge is -2.11. The van der Waals surface area contributed by atoms with Crippen LogP contribution in [0.25, 0.3) is 5.69 Å². The van der Waals surface area contributed by atoms with Gasteiger partial charge in [0.2, 0.25) is 5.91 Å². The Labute approximate surface area is 154 Å². The summed E-state index contributed by atoms with van der Waals surface area (Å²) in [6, 6.07) is 12.1. The van der Waals surface area contributed by atoms with E-state index in [-0.39, 0.29) is 24.2 Å². The molecule has 1 saturated carbocycles. The maximum atomic E-state index is 12.5. The third kappa shape index (κ3) is 3.88. The molecule has 2 aliphatic rings. The Morgan fingerprint density at radius 3 is 2.60 bits per heavy atom. The van der Waals surface area contributed by atoms with Crippen LogP contribution in [-0.4, -0.2) is 28.8 Å². The van der Waals surface area contributed by atoms with E-state index in [0.717, 1.165) is 36.7 Å². The Hall–Kier alpha value is -1.85. The highest BCUT2D eigenvalue weighted by molar-refractivity contribution is 5.92. The van der Waals surface area contributed by atoms with Crippen molar-refractivity contribution in [3.8, 4) is 5.69 Å². The summed E-state index contributed by atoms with van der Waals surface area (Å²) in [5.74, 6) is 1.47. The largest absolute Gasteiger partial charge is 0.316 e. The lowest BCUT2D eigenvalue weighted by Crippen LogP contribution is -2.25. The first-order valence-electron chi connectivity index (χ1n) is 8.98. The first-order valence-corrected chi connectivity index (χ1v) is 8.98. The predicted octanol–water partition coefficient (Wildman–Crippen LogP) is 3.50. The molecule has 1 atom stereocenters. The molecule has 1 aliphatic carbocycles. The van der Waals surface area contributed by atoms with Gasteiger partial charge >= 0.3 is 0 Å². The van der Waals surface area contributed by atoms with Crippen molar-refractivity contribution in [3.05, 3.63) is 42.1 Å². The van der Waals surface area contributed by atoms with E-state index in [4.69, 9.17) is 5.10 Å². The minimum absolute atomic E-state index is 0. The average Bonchev–Trinajstić information content (AvgIpc) is 3.36. The number of para-hydroxylation sites is 1. The molecule has 134 valence electrons. The molecule has 1 saturated heterocycles. The number of anilines is 1. The number of amides is 1. The van der Waals surface area contributed by atoms with Crippen molar-refractivity contribution in [2.75, 3.05) is 18.4 Å². The Kier molecular flexibility index (Phi) is 5.76. The first kappa shape index (κ1) is 18.0. The van der Waals surface area contributed by atoms with Gasteiger partial charge < -0.3 is 10.6 Å². The number of rotatable bonds is 4. The summed E-state index contributed by atoms with van der Waals surface area (Å²) in [7, 11) is 0. The lowest BCUT2D eigenvalue weighted by molar-refractivity contribution is -0.119. The fraction of sp³-hybridized carbons (Fsp3) is 0.474. The van der Waals surface area contributed by atoms with Gasteiger partial charge in [-0.2, -0.15) is 5.10 Å². The second kappa shape index (κ2) is 8.02. The number of hydrogen-bond acceptors (Lipinski definition) is 3. The van der Waals surface area contributed by atoms with E-state index in [0.29, 0.717) is 5.92 Å². The standard InChI is InChI=1S/C19H24N4O.ClH/c24-19(15-10-11-20-13-15)21-18-12-17(14-6-4-5-7-14)22-23(18)16-8-2-1-3-9-16;/h1-3,8-9,12,14-15,20H,4-7,10-11,13H2,(H,21,24);1H. The zero-order valence-corrected chi connectivity index (χ0v) is 15.1. The summed E-state index contributed by atoms with van der Waals surface area (Å²) in [4.78, 5) is 12.5. The highest BCUT2D eigenvalue weighted by atomic mass is 35.5. The van der Waals surface area contributed by atoms with Gasteiger partial charge in [0.1, 0.15) is 5.82 Å². The lowest BCUT2D eigenvalue weighted by atomic mass is 10.0. The zero-order valence-electron chi connectivity index (χ0n) is 14.3. The van der Waals surface area contributed by atoms with Gasteiger partial charge in [-0.15, -0.1) is 12.4 Å². The second-order valence-corrected chi connectivity index (χ2v) is 6.86. The highest BCUT2D eigenvalue weighted by Crippen LogP contribution is 2.35. The van der Waals surface area contributed by atoms with E-state index in [9.17, 15) is 4.79 Å². The summed E-state index contributed by atoms with van der Waals surface area (Å²) < 4.78 is 1.88. The summed E-state index contributed by atoms with van der Waals surface area (Å²) in [6.45, 7) is 1.68. The summed E-state index contributed by atoms with van der Waals surface area (Å²) in [5, 5.41) is 11.2. The Bertz CT molecular complexity index is 703. The van der Waals surface area contributed by atoms with E-state index in [1.807, 2.05) is 35.0 Å². The van der Waals surface area contributed by atoms with E-state index < -0.39 is 0 Å². The number of aromatic nitrogens is 2. The molecule has 1 aromatic carbocycles. The zero-order chi connectivity index (χ0) is 16.4. The van der Waals surface area contributed by atoms with Gasteiger partial charge in [-0.1, -0.05) is 31.0 Å². The molecule has 25 heavy (non-hydrogen) atoms. The van der Waals surface area contributed by atoms with Gasteiger partial charge in [0.25, 0.3) is 0 Å². The minimum atomic E-state index is 0. The van der Waals surface area contributed by atoms with Crippen LogP contribution < -0.4 is 10.6 Å². The van der Waals surface area contributed by atoms with Crippen molar-refractivity contribution in [3.63, 3.8) is 0 Å². The van der Waals surface area contributed by atoms with E-state index >= 15 is 0 Å². The van der Waals surface area contributed by atoms with Crippen LogP contribution in [0.15, 0.2) is 36.4 Å². The SMILES string of the molecule is Cl.O=C(Nc1cc(C2CCCC2)nn1-c1ccccc1)C1CCNC1. The molecule has 1 unspecified atom stereocenters. The summed E-state index contributed by atoms with van der Waals surface area (Å²) in [6.07, 6.45) is 5.86. The molecule has 1 aliphatic heterocycles. The topological polar surface area (TPSA) is 59.0 Å². The van der Waals surface area contributed by atoms with Crippen LogP contribution in [0, 0.1) is 5.92 Å². The molecule has 2 N–H and O–H groups in total. The van der Waals surface area contributed by atoms with Crippen LogP contribution in [0.4, 0.5) is 5.82 Å². The van der Waals surface area contributed by atoms with Gasteiger partial charge in [0.05, 0.1) is 17.3 Å². The molecule has 5 nitrogen and oxygen atoms in total. The fourth-order valence-electron chi connectivity index (χ4n) is 3.78. The molecule has 2 heterocycles. The van der Waals surface area contributed by atoms with E-state index in [1.165, 1.54) is 25.7 Å². The average molecular weight is 361 g/mol. The maximum absolute atomic E-state index is 12.5. The smallest absolute Gasteiger partial charge is 0.229 e. The number of benzene rings is 1. The van der Waals surface area contributed by atoms with Crippen LogP contribution in [0.3, 0.4) is 0 Å². The van der Waals surface area contributed by atoms with Crippen molar-refractivity contribution in [2.45, 2.75) is 38.0 Å². The van der Waals surface area contributed by atoms with Crippen molar-refractivity contribution in [1.29, 1.82) is 0 Å². The minimum Gasteiger partial charge on any atom is -0.316 e. The first-order chi connectivity index (χ1) is 11.8. The molecule has 0 bridgehead atoms. The number of carbonyl (C=O) groups excluding carboxylic acids is 1. The van der Waals surface area contributed by atoms with Gasteiger partial charge in [0, 0.05) is 18.5 Å². The molecule has 4 rings (SSSR count). The molecule has 2 aromatic rings. The van der Waals surface area contributed by atoms with Crippen molar-refractivity contribution in [2.24, 2.45) is 5.92 Å². The Morgan fingerprint density at radius 1 is 1.16 bits per heavy atom. The molecule has 2 fully saturated rings. The summed E-state index contributed by atoms with van der Waals surface area (Å²) >= 11 is 0. The quantitative estimate of drug-likeness (QED) is 0.877. The van der Waals surface area contributed by atoms with Crippen LogP contribution in [-0.2, 0) is 4.79 Å². The molecule has 6 heteroatoms. The molecule has 1 amide bonds. The van der Waals surface area contributed by atoms with Gasteiger partial charge in [-0.25, -0.2) is 4.68 Å². The fourth-order valence-corrected chi connectivity index (χ4v) is 3.78. The van der Waals surface area contributed by atoms with Crippen LogP contribution in [0.1, 0.15) is 43.7 Å². The van der Waals surface area contributed by atoms with Crippen molar-refractivity contribution in [1.82, 2.24) is 15.1 Å². The molecule has 0 spiro atoms.